The van der Waals surface area contributed by atoms with Crippen molar-refractivity contribution in [2.24, 2.45) is 0 Å². The van der Waals surface area contributed by atoms with E-state index in [1.807, 2.05) is 0 Å². The molecule has 0 radical (unpaired) electrons. The van der Waals surface area contributed by atoms with Crippen LogP contribution in [0.2, 0.25) is 0 Å². The van der Waals surface area contributed by atoms with Crippen LogP contribution in [0.1, 0.15) is 290 Å². The standard InChI is InChI=1S/C71H118O6/c1-4-7-10-13-16-19-21-23-25-27-29-30-31-32-33-34-35-36-37-38-39-40-41-42-43-45-46-48-50-52-55-58-61-64-70(73)76-67-68(66-75-69(72)63-60-57-54-18-15-12-9-6-3)77-71(74)65-62-59-56-53-51-49-47-44-28-26-24-22-20-17-14-11-8-5-2/h7,10,16,19,23,25,29-30,32-33,35-36,38-39,41-42,45-46,50,52,68H,4-6,8-9,11-15,17-18,20-22,24,26-28,31,34,37,40,43-44,47-49,51,53-67H2,1-3H3/b10-7-,19-16-,25-23-,30-29-,33-32-,36-35-,39-38-,42-41-,46-45-,52-50-. The summed E-state index contributed by atoms with van der Waals surface area (Å²) in [6.07, 6.45) is 89.4. The van der Waals surface area contributed by atoms with Crippen molar-refractivity contribution in [3.05, 3.63) is 122 Å². The molecule has 0 aliphatic rings. The molecule has 438 valence electrons. The van der Waals surface area contributed by atoms with Crippen LogP contribution >= 0.6 is 0 Å². The van der Waals surface area contributed by atoms with Crippen molar-refractivity contribution < 1.29 is 28.6 Å². The number of ether oxygens (including phenoxy) is 3. The zero-order chi connectivity index (χ0) is 55.7. The van der Waals surface area contributed by atoms with Crippen molar-refractivity contribution in [3.63, 3.8) is 0 Å². The average Bonchev–Trinajstić information content (AvgIpc) is 3.43. The molecule has 0 spiro atoms. The molecule has 6 nitrogen and oxygen atoms in total. The molecule has 0 saturated carbocycles. The molecular formula is C71H118O6. The van der Waals surface area contributed by atoms with Crippen molar-refractivity contribution in [2.45, 2.75) is 297 Å². The van der Waals surface area contributed by atoms with Crippen molar-refractivity contribution in [1.29, 1.82) is 0 Å². The fourth-order valence-electron chi connectivity index (χ4n) is 8.71. The number of hydrogen-bond donors (Lipinski definition) is 0. The normalized spacial score (nSPS) is 12.9. The maximum absolute atomic E-state index is 12.9. The molecule has 6 heteroatoms. The topological polar surface area (TPSA) is 78.9 Å². The molecule has 1 unspecified atom stereocenters. The van der Waals surface area contributed by atoms with Gasteiger partial charge in [-0.3, -0.25) is 14.4 Å². The van der Waals surface area contributed by atoms with E-state index in [0.717, 1.165) is 122 Å². The van der Waals surface area contributed by atoms with Crippen molar-refractivity contribution in [2.75, 3.05) is 13.2 Å². The van der Waals surface area contributed by atoms with Crippen molar-refractivity contribution in [3.8, 4) is 0 Å². The lowest BCUT2D eigenvalue weighted by atomic mass is 10.0. The van der Waals surface area contributed by atoms with Gasteiger partial charge in [-0.05, 0) is 96.3 Å². The van der Waals surface area contributed by atoms with E-state index in [-0.39, 0.29) is 31.1 Å². The molecule has 0 aliphatic carbocycles. The number of hydrogen-bond acceptors (Lipinski definition) is 6. The number of esters is 3. The van der Waals surface area contributed by atoms with Gasteiger partial charge < -0.3 is 14.2 Å². The molecule has 0 bridgehead atoms. The number of unbranched alkanes of at least 4 members (excludes halogenated alkanes) is 26. The van der Waals surface area contributed by atoms with Gasteiger partial charge in [0.25, 0.3) is 0 Å². The van der Waals surface area contributed by atoms with Crippen LogP contribution < -0.4 is 0 Å². The second-order valence-electron chi connectivity index (χ2n) is 21.0. The second-order valence-corrected chi connectivity index (χ2v) is 21.0. The lowest BCUT2D eigenvalue weighted by Gasteiger charge is -2.18. The Kier molecular flexibility index (Phi) is 60.8. The first kappa shape index (κ1) is 72.8. The predicted molar refractivity (Wildman–Crippen MR) is 334 cm³/mol. The quantitative estimate of drug-likeness (QED) is 0.0261. The molecule has 0 amide bonds. The summed E-state index contributed by atoms with van der Waals surface area (Å²) >= 11 is 0. The van der Waals surface area contributed by atoms with Crippen LogP contribution in [-0.4, -0.2) is 37.2 Å². The molecule has 0 N–H and O–H groups in total. The minimum absolute atomic E-state index is 0.0901. The molecule has 0 fully saturated rings. The maximum Gasteiger partial charge on any atom is 0.306 e. The van der Waals surface area contributed by atoms with E-state index in [0.29, 0.717) is 19.3 Å². The van der Waals surface area contributed by atoms with Gasteiger partial charge in [0.15, 0.2) is 6.10 Å². The van der Waals surface area contributed by atoms with Gasteiger partial charge >= 0.3 is 17.9 Å². The van der Waals surface area contributed by atoms with Crippen LogP contribution in [0.25, 0.3) is 0 Å². The second kappa shape index (κ2) is 64.3. The summed E-state index contributed by atoms with van der Waals surface area (Å²) in [5.74, 6) is -0.934. The van der Waals surface area contributed by atoms with Crippen LogP contribution in [0.4, 0.5) is 0 Å². The van der Waals surface area contributed by atoms with Gasteiger partial charge in [0.05, 0.1) is 0 Å². The van der Waals surface area contributed by atoms with E-state index in [1.54, 1.807) is 0 Å². The number of carbonyl (C=O) groups excluding carboxylic acids is 3. The Morgan fingerprint density at radius 1 is 0.273 bits per heavy atom. The van der Waals surface area contributed by atoms with Gasteiger partial charge in [-0.15, -0.1) is 0 Å². The first-order valence-corrected chi connectivity index (χ1v) is 32.0. The third-order valence-electron chi connectivity index (χ3n) is 13.5. The van der Waals surface area contributed by atoms with Gasteiger partial charge in [-0.1, -0.05) is 296 Å². The molecular weight excluding hydrogens is 949 g/mol. The number of allylic oxidation sites excluding steroid dienone is 20. The lowest BCUT2D eigenvalue weighted by molar-refractivity contribution is -0.167. The Labute approximate surface area is 475 Å². The molecule has 77 heavy (non-hydrogen) atoms. The van der Waals surface area contributed by atoms with Crippen molar-refractivity contribution in [1.82, 2.24) is 0 Å². The molecule has 0 heterocycles. The Bertz CT molecular complexity index is 1600. The van der Waals surface area contributed by atoms with E-state index in [1.165, 1.54) is 128 Å². The molecule has 0 aliphatic heterocycles. The van der Waals surface area contributed by atoms with Crippen LogP contribution in [0, 0.1) is 0 Å². The predicted octanol–water partition coefficient (Wildman–Crippen LogP) is 22.0. The molecule has 0 aromatic carbocycles. The highest BCUT2D eigenvalue weighted by molar-refractivity contribution is 5.71. The number of rotatable bonds is 57. The Morgan fingerprint density at radius 2 is 0.506 bits per heavy atom. The Morgan fingerprint density at radius 3 is 0.792 bits per heavy atom. The zero-order valence-corrected chi connectivity index (χ0v) is 50.2. The monoisotopic (exact) mass is 1070 g/mol. The molecule has 0 rings (SSSR count). The first-order valence-electron chi connectivity index (χ1n) is 32.0. The summed E-state index contributed by atoms with van der Waals surface area (Å²) in [5, 5.41) is 0. The molecule has 1 atom stereocenters. The summed E-state index contributed by atoms with van der Waals surface area (Å²) in [6.45, 7) is 6.48. The van der Waals surface area contributed by atoms with Crippen LogP contribution in [0.3, 0.4) is 0 Å². The fraction of sp³-hybridized carbons (Fsp3) is 0.676. The largest absolute Gasteiger partial charge is 0.462 e. The summed E-state index contributed by atoms with van der Waals surface area (Å²) in [6, 6.07) is 0. The SMILES string of the molecule is CC/C=C\C/C=C\C/C=C\C/C=C\C/C=C\C/C=C\C/C=C\C/C=C\C/C=C\C/C=C\CCCCC(=O)OCC(COC(=O)CCCCCCCCCC)OC(=O)CCCCCCCCCCCCCCCCCCCC. The van der Waals surface area contributed by atoms with Gasteiger partial charge in [-0.2, -0.15) is 0 Å². The van der Waals surface area contributed by atoms with Gasteiger partial charge in [0.2, 0.25) is 0 Å². The summed E-state index contributed by atoms with van der Waals surface area (Å²) in [4.78, 5) is 38.1. The summed E-state index contributed by atoms with van der Waals surface area (Å²) < 4.78 is 16.8. The van der Waals surface area contributed by atoms with Crippen LogP contribution in [0.5, 0.6) is 0 Å². The number of carbonyl (C=O) groups is 3. The summed E-state index contributed by atoms with van der Waals surface area (Å²) in [7, 11) is 0. The van der Waals surface area contributed by atoms with Gasteiger partial charge in [-0.25, -0.2) is 0 Å². The van der Waals surface area contributed by atoms with E-state index in [9.17, 15) is 14.4 Å². The Balaban J connectivity index is 4.26. The molecule has 0 aromatic rings. The van der Waals surface area contributed by atoms with E-state index in [2.05, 4.69) is 142 Å². The minimum atomic E-state index is -0.794. The fourth-order valence-corrected chi connectivity index (χ4v) is 8.71. The highest BCUT2D eigenvalue weighted by atomic mass is 16.6. The van der Waals surface area contributed by atoms with E-state index < -0.39 is 6.10 Å². The third-order valence-corrected chi connectivity index (χ3v) is 13.5. The zero-order valence-electron chi connectivity index (χ0n) is 50.2. The minimum Gasteiger partial charge on any atom is -0.462 e. The van der Waals surface area contributed by atoms with Gasteiger partial charge in [0, 0.05) is 19.3 Å². The maximum atomic E-state index is 12.9. The highest BCUT2D eigenvalue weighted by Crippen LogP contribution is 2.16. The van der Waals surface area contributed by atoms with E-state index in [4.69, 9.17) is 14.2 Å². The lowest BCUT2D eigenvalue weighted by Crippen LogP contribution is -2.30. The van der Waals surface area contributed by atoms with E-state index >= 15 is 0 Å². The molecule has 0 aromatic heterocycles. The van der Waals surface area contributed by atoms with Crippen molar-refractivity contribution >= 4 is 17.9 Å². The summed E-state index contributed by atoms with van der Waals surface area (Å²) in [5.41, 5.74) is 0. The van der Waals surface area contributed by atoms with Crippen LogP contribution in [0.15, 0.2) is 122 Å². The smallest absolute Gasteiger partial charge is 0.306 e. The van der Waals surface area contributed by atoms with Crippen LogP contribution in [-0.2, 0) is 28.6 Å². The third kappa shape index (κ3) is 62.5. The first-order chi connectivity index (χ1) is 38.0. The average molecular weight is 1070 g/mol. The molecule has 0 saturated heterocycles. The Hall–Kier alpha value is -4.19. The van der Waals surface area contributed by atoms with Gasteiger partial charge in [0.1, 0.15) is 13.2 Å². The highest BCUT2D eigenvalue weighted by Gasteiger charge is 2.19.